The van der Waals surface area contributed by atoms with E-state index in [-0.39, 0.29) is 12.1 Å². The average Bonchev–Trinajstić information content (AvgIpc) is 2.67. The Morgan fingerprint density at radius 2 is 1.62 bits per heavy atom. The topological polar surface area (TPSA) is 96.5 Å². The predicted octanol–water partition coefficient (Wildman–Crippen LogP) is 3.18. The van der Waals surface area contributed by atoms with Crippen molar-refractivity contribution < 1.29 is 19.1 Å². The van der Waals surface area contributed by atoms with Crippen molar-refractivity contribution in [3.05, 3.63) is 65.7 Å². The summed E-state index contributed by atoms with van der Waals surface area (Å²) in [6, 6.07) is 16.1. The van der Waals surface area contributed by atoms with E-state index < -0.39 is 18.0 Å². The van der Waals surface area contributed by atoms with E-state index in [1.807, 2.05) is 32.0 Å². The molecule has 0 heterocycles. The number of carbonyl (C=O) groups is 3. The van der Waals surface area contributed by atoms with Crippen LogP contribution in [-0.2, 0) is 20.7 Å². The zero-order valence-electron chi connectivity index (χ0n) is 16.9. The fourth-order valence-electron chi connectivity index (χ4n) is 2.66. The quantitative estimate of drug-likeness (QED) is 0.596. The van der Waals surface area contributed by atoms with Gasteiger partial charge in [-0.15, -0.1) is 0 Å². The molecule has 2 aromatic rings. The van der Waals surface area contributed by atoms with E-state index in [0.717, 1.165) is 5.56 Å². The zero-order valence-corrected chi connectivity index (χ0v) is 16.9. The summed E-state index contributed by atoms with van der Waals surface area (Å²) in [6.45, 7) is 5.58. The van der Waals surface area contributed by atoms with Gasteiger partial charge in [-0.2, -0.15) is 0 Å². The molecule has 0 aliphatic carbocycles. The van der Waals surface area contributed by atoms with Crippen molar-refractivity contribution in [2.45, 2.75) is 39.3 Å². The van der Waals surface area contributed by atoms with Gasteiger partial charge in [-0.25, -0.2) is 4.79 Å². The molecular weight excluding hydrogens is 370 g/mol. The van der Waals surface area contributed by atoms with Gasteiger partial charge in [0, 0.05) is 30.8 Å². The Kier molecular flexibility index (Phi) is 8.21. The summed E-state index contributed by atoms with van der Waals surface area (Å²) >= 11 is 0. The molecule has 0 bridgehead atoms. The van der Waals surface area contributed by atoms with Crippen LogP contribution in [-0.4, -0.2) is 30.5 Å². The summed E-state index contributed by atoms with van der Waals surface area (Å²) in [5, 5.41) is 8.33. The van der Waals surface area contributed by atoms with E-state index in [2.05, 4.69) is 16.0 Å². The van der Waals surface area contributed by atoms with Gasteiger partial charge in [0.2, 0.25) is 6.10 Å². The first-order chi connectivity index (χ1) is 13.8. The molecule has 2 rings (SSSR count). The molecule has 3 amide bonds. The molecule has 0 aromatic heterocycles. The van der Waals surface area contributed by atoms with Crippen molar-refractivity contribution in [1.82, 2.24) is 10.6 Å². The summed E-state index contributed by atoms with van der Waals surface area (Å²) in [4.78, 5) is 35.6. The lowest BCUT2D eigenvalue weighted by Crippen LogP contribution is -2.40. The van der Waals surface area contributed by atoms with Crippen LogP contribution in [0.5, 0.6) is 0 Å². The Labute approximate surface area is 170 Å². The van der Waals surface area contributed by atoms with Gasteiger partial charge in [0.05, 0.1) is 0 Å². The number of urea groups is 1. The fraction of sp³-hybridized carbons (Fsp3) is 0.318. The van der Waals surface area contributed by atoms with Crippen LogP contribution in [0.4, 0.5) is 10.5 Å². The maximum absolute atomic E-state index is 12.6. The zero-order chi connectivity index (χ0) is 21.2. The van der Waals surface area contributed by atoms with Crippen LogP contribution < -0.4 is 16.0 Å². The van der Waals surface area contributed by atoms with Gasteiger partial charge in [-0.3, -0.25) is 9.59 Å². The molecule has 154 valence electrons. The highest BCUT2D eigenvalue weighted by Crippen LogP contribution is 2.20. The van der Waals surface area contributed by atoms with Crippen LogP contribution in [0.25, 0.3) is 0 Å². The molecule has 7 heteroatoms. The van der Waals surface area contributed by atoms with Crippen LogP contribution >= 0.6 is 0 Å². The van der Waals surface area contributed by atoms with Crippen LogP contribution in [0.2, 0.25) is 0 Å². The summed E-state index contributed by atoms with van der Waals surface area (Å²) in [5.74, 6) is -0.954. The number of esters is 1. The predicted molar refractivity (Wildman–Crippen MR) is 111 cm³/mol. The molecule has 7 nitrogen and oxygen atoms in total. The van der Waals surface area contributed by atoms with E-state index in [1.165, 1.54) is 6.92 Å². The standard InChI is InChI=1S/C22H27N3O4/c1-15(2)24-22(28)23-14-13-17-9-11-19(12-10-17)25-21(27)20(29-16(3)26)18-7-5-4-6-8-18/h4-12,15,20H,13-14H2,1-3H3,(H,25,27)(H2,23,24,28). The van der Waals surface area contributed by atoms with Gasteiger partial charge in [0.15, 0.2) is 0 Å². The van der Waals surface area contributed by atoms with Gasteiger partial charge < -0.3 is 20.7 Å². The number of hydrogen-bond acceptors (Lipinski definition) is 4. The summed E-state index contributed by atoms with van der Waals surface area (Å²) in [7, 11) is 0. The Bertz CT molecular complexity index is 820. The second-order valence-electron chi connectivity index (χ2n) is 6.89. The minimum absolute atomic E-state index is 0.0876. The molecule has 0 fully saturated rings. The highest BCUT2D eigenvalue weighted by atomic mass is 16.5. The van der Waals surface area contributed by atoms with Crippen molar-refractivity contribution >= 4 is 23.6 Å². The SMILES string of the molecule is CC(=O)OC(C(=O)Nc1ccc(CCNC(=O)NC(C)C)cc1)c1ccccc1. The highest BCUT2D eigenvalue weighted by Gasteiger charge is 2.23. The molecule has 1 unspecified atom stereocenters. The van der Waals surface area contributed by atoms with E-state index in [9.17, 15) is 14.4 Å². The highest BCUT2D eigenvalue weighted by molar-refractivity contribution is 5.96. The van der Waals surface area contributed by atoms with Crippen molar-refractivity contribution in [1.29, 1.82) is 0 Å². The number of carbonyl (C=O) groups excluding carboxylic acids is 3. The number of rotatable bonds is 8. The van der Waals surface area contributed by atoms with Crippen LogP contribution in [0.15, 0.2) is 54.6 Å². The van der Waals surface area contributed by atoms with Gasteiger partial charge in [0.25, 0.3) is 5.91 Å². The Hall–Kier alpha value is -3.35. The minimum Gasteiger partial charge on any atom is -0.447 e. The molecule has 0 aliphatic heterocycles. The first-order valence-corrected chi connectivity index (χ1v) is 9.51. The van der Waals surface area contributed by atoms with Crippen LogP contribution in [0.1, 0.15) is 38.0 Å². The molecule has 0 aliphatic rings. The number of anilines is 1. The lowest BCUT2D eigenvalue weighted by Gasteiger charge is -2.17. The Morgan fingerprint density at radius 1 is 0.966 bits per heavy atom. The lowest BCUT2D eigenvalue weighted by atomic mass is 10.1. The molecule has 0 saturated carbocycles. The second kappa shape index (κ2) is 10.8. The minimum atomic E-state index is -1.02. The monoisotopic (exact) mass is 397 g/mol. The third-order valence-corrected chi connectivity index (χ3v) is 3.96. The molecule has 0 radical (unpaired) electrons. The van der Waals surface area contributed by atoms with E-state index in [1.54, 1.807) is 36.4 Å². The van der Waals surface area contributed by atoms with Crippen LogP contribution in [0.3, 0.4) is 0 Å². The first kappa shape index (κ1) is 21.9. The maximum Gasteiger partial charge on any atom is 0.314 e. The molecule has 0 spiro atoms. The summed E-state index contributed by atoms with van der Waals surface area (Å²) < 4.78 is 5.20. The number of amides is 3. The molecular formula is C22H27N3O4. The molecule has 2 aromatic carbocycles. The van der Waals surface area contributed by atoms with Gasteiger partial charge in [-0.05, 0) is 38.0 Å². The number of ether oxygens (including phenoxy) is 1. The maximum atomic E-state index is 12.6. The van der Waals surface area contributed by atoms with Crippen molar-refractivity contribution in [2.75, 3.05) is 11.9 Å². The first-order valence-electron chi connectivity index (χ1n) is 9.51. The normalized spacial score (nSPS) is 11.4. The van der Waals surface area contributed by atoms with Gasteiger partial charge in [0.1, 0.15) is 0 Å². The third-order valence-electron chi connectivity index (χ3n) is 3.96. The third kappa shape index (κ3) is 7.65. The Morgan fingerprint density at radius 3 is 2.21 bits per heavy atom. The fourth-order valence-corrected chi connectivity index (χ4v) is 2.66. The van der Waals surface area contributed by atoms with Gasteiger partial charge >= 0.3 is 12.0 Å². The summed E-state index contributed by atoms with van der Waals surface area (Å²) in [5.41, 5.74) is 2.22. The van der Waals surface area contributed by atoms with Crippen molar-refractivity contribution in [2.24, 2.45) is 0 Å². The lowest BCUT2D eigenvalue weighted by molar-refractivity contribution is -0.152. The molecule has 29 heavy (non-hydrogen) atoms. The van der Waals surface area contributed by atoms with Crippen molar-refractivity contribution in [3.63, 3.8) is 0 Å². The molecule has 3 N–H and O–H groups in total. The van der Waals surface area contributed by atoms with E-state index >= 15 is 0 Å². The van der Waals surface area contributed by atoms with E-state index in [4.69, 9.17) is 4.74 Å². The van der Waals surface area contributed by atoms with E-state index in [0.29, 0.717) is 24.2 Å². The second-order valence-corrected chi connectivity index (χ2v) is 6.89. The summed E-state index contributed by atoms with van der Waals surface area (Å²) in [6.07, 6.45) is -0.350. The van der Waals surface area contributed by atoms with Crippen molar-refractivity contribution in [3.8, 4) is 0 Å². The smallest absolute Gasteiger partial charge is 0.314 e. The molecule has 1 atom stereocenters. The number of hydrogen-bond donors (Lipinski definition) is 3. The Balaban J connectivity index is 1.92. The largest absolute Gasteiger partial charge is 0.447 e. The number of nitrogens with one attached hydrogen (secondary N) is 3. The number of benzene rings is 2. The molecule has 0 saturated heterocycles. The average molecular weight is 397 g/mol. The van der Waals surface area contributed by atoms with Crippen LogP contribution in [0, 0.1) is 0 Å². The van der Waals surface area contributed by atoms with Gasteiger partial charge in [-0.1, -0.05) is 42.5 Å².